The number of sulfonamides is 1. The van der Waals surface area contributed by atoms with Crippen molar-refractivity contribution in [3.05, 3.63) is 72.6 Å². The third kappa shape index (κ3) is 5.53. The number of morpholine rings is 1. The van der Waals surface area contributed by atoms with Crippen molar-refractivity contribution in [1.82, 2.24) is 19.0 Å². The van der Waals surface area contributed by atoms with Crippen LogP contribution in [-0.2, 0) is 26.1 Å². The zero-order valence-corrected chi connectivity index (χ0v) is 20.1. The Morgan fingerprint density at radius 3 is 2.62 bits per heavy atom. The molecular formula is C24H29N5O4S. The van der Waals surface area contributed by atoms with E-state index in [1.165, 1.54) is 10.4 Å². The highest BCUT2D eigenvalue weighted by Gasteiger charge is 2.27. The number of para-hydroxylation sites is 1. The fourth-order valence-corrected chi connectivity index (χ4v) is 5.16. The summed E-state index contributed by atoms with van der Waals surface area (Å²) in [6.45, 7) is 3.74. The third-order valence-corrected chi connectivity index (χ3v) is 7.73. The van der Waals surface area contributed by atoms with Gasteiger partial charge in [-0.25, -0.2) is 13.1 Å². The van der Waals surface area contributed by atoms with Crippen LogP contribution in [0.1, 0.15) is 12.5 Å². The summed E-state index contributed by atoms with van der Waals surface area (Å²) in [5.74, 6) is -0.223. The molecule has 2 heterocycles. The summed E-state index contributed by atoms with van der Waals surface area (Å²) in [6, 6.07) is 15.7. The minimum absolute atomic E-state index is 0.154. The lowest BCUT2D eigenvalue weighted by Crippen LogP contribution is -2.40. The molecule has 1 aliphatic heterocycles. The van der Waals surface area contributed by atoms with Crippen molar-refractivity contribution in [3.63, 3.8) is 0 Å². The molecule has 0 aliphatic carbocycles. The van der Waals surface area contributed by atoms with Gasteiger partial charge in [0.2, 0.25) is 15.9 Å². The zero-order valence-electron chi connectivity index (χ0n) is 19.3. The molecule has 0 radical (unpaired) electrons. The predicted octanol–water partition coefficient (Wildman–Crippen LogP) is 2.35. The number of ether oxygens (including phenoxy) is 1. The third-order valence-electron chi connectivity index (χ3n) is 5.84. The molecule has 1 aliphatic rings. The maximum atomic E-state index is 12.9. The SMILES string of the molecule is C[C@@H](C(=O)Nc1cccc(S(=O)(=O)N2CCOCC2)c1)N(C)Cc1cnn(-c2ccccc2)c1. The van der Waals surface area contributed by atoms with E-state index in [-0.39, 0.29) is 10.8 Å². The minimum Gasteiger partial charge on any atom is -0.379 e. The van der Waals surface area contributed by atoms with Crippen LogP contribution in [0.15, 0.2) is 71.9 Å². The van der Waals surface area contributed by atoms with Crippen LogP contribution in [0.5, 0.6) is 0 Å². The number of nitrogens with one attached hydrogen (secondary N) is 1. The predicted molar refractivity (Wildman–Crippen MR) is 129 cm³/mol. The van der Waals surface area contributed by atoms with Crippen molar-refractivity contribution in [2.45, 2.75) is 24.4 Å². The second kappa shape index (κ2) is 10.5. The Hall–Kier alpha value is -3.05. The fraction of sp³-hybridized carbons (Fsp3) is 0.333. The summed E-state index contributed by atoms with van der Waals surface area (Å²) < 4.78 is 34.3. The first-order valence-electron chi connectivity index (χ1n) is 11.1. The standard InChI is InChI=1S/C24H29N5O4S/c1-19(27(2)17-20-16-25-29(18-20)22-8-4-3-5-9-22)24(30)26-21-7-6-10-23(15-21)34(31,32)28-11-13-33-14-12-28/h3-10,15-16,18-19H,11-14,17H2,1-2H3,(H,26,30)/t19-/m0/s1. The molecule has 1 amide bonds. The molecule has 0 spiro atoms. The molecule has 1 aromatic heterocycles. The van der Waals surface area contributed by atoms with Gasteiger partial charge in [-0.05, 0) is 44.3 Å². The van der Waals surface area contributed by atoms with Gasteiger partial charge in [0.1, 0.15) is 0 Å². The smallest absolute Gasteiger partial charge is 0.243 e. The number of anilines is 1. The van der Waals surface area contributed by atoms with Gasteiger partial charge in [-0.2, -0.15) is 9.40 Å². The van der Waals surface area contributed by atoms with E-state index in [1.54, 1.807) is 29.1 Å². The summed E-state index contributed by atoms with van der Waals surface area (Å²) in [5, 5.41) is 7.25. The highest BCUT2D eigenvalue weighted by atomic mass is 32.2. The van der Waals surface area contributed by atoms with E-state index in [0.717, 1.165) is 11.3 Å². The first kappa shape index (κ1) is 24.1. The van der Waals surface area contributed by atoms with Crippen LogP contribution in [0, 0.1) is 0 Å². The van der Waals surface area contributed by atoms with Crippen LogP contribution >= 0.6 is 0 Å². The molecule has 10 heteroatoms. The molecule has 0 bridgehead atoms. The number of carbonyl (C=O) groups excluding carboxylic acids is 1. The van der Waals surface area contributed by atoms with Crippen molar-refractivity contribution < 1.29 is 17.9 Å². The number of hydrogen-bond acceptors (Lipinski definition) is 6. The van der Waals surface area contributed by atoms with E-state index in [0.29, 0.717) is 38.5 Å². The Labute approximate surface area is 200 Å². The lowest BCUT2D eigenvalue weighted by molar-refractivity contribution is -0.120. The van der Waals surface area contributed by atoms with Gasteiger partial charge in [0, 0.05) is 37.1 Å². The number of nitrogens with zero attached hydrogens (tertiary/aromatic N) is 4. The Kier molecular flexibility index (Phi) is 7.42. The van der Waals surface area contributed by atoms with Gasteiger partial charge in [-0.1, -0.05) is 24.3 Å². The highest BCUT2D eigenvalue weighted by molar-refractivity contribution is 7.89. The number of likely N-dealkylation sites (N-methyl/N-ethyl adjacent to an activating group) is 1. The lowest BCUT2D eigenvalue weighted by Gasteiger charge is -2.26. The van der Waals surface area contributed by atoms with Gasteiger partial charge in [-0.15, -0.1) is 0 Å². The van der Waals surface area contributed by atoms with Gasteiger partial charge in [0.25, 0.3) is 0 Å². The second-order valence-electron chi connectivity index (χ2n) is 8.25. The fourth-order valence-electron chi connectivity index (χ4n) is 3.71. The number of benzene rings is 2. The molecule has 2 aromatic carbocycles. The molecule has 180 valence electrons. The minimum atomic E-state index is -3.64. The van der Waals surface area contributed by atoms with E-state index in [1.807, 2.05) is 55.4 Å². The summed E-state index contributed by atoms with van der Waals surface area (Å²) in [6.07, 6.45) is 3.73. The Morgan fingerprint density at radius 2 is 1.88 bits per heavy atom. The Balaban J connectivity index is 1.39. The largest absolute Gasteiger partial charge is 0.379 e. The van der Waals surface area contributed by atoms with Crippen molar-refractivity contribution in [2.75, 3.05) is 38.7 Å². The van der Waals surface area contributed by atoms with Gasteiger partial charge in [-0.3, -0.25) is 9.69 Å². The lowest BCUT2D eigenvalue weighted by atomic mass is 10.2. The van der Waals surface area contributed by atoms with Gasteiger partial charge >= 0.3 is 0 Å². The summed E-state index contributed by atoms with van der Waals surface area (Å²) in [5.41, 5.74) is 2.38. The monoisotopic (exact) mass is 483 g/mol. The Morgan fingerprint density at radius 1 is 1.15 bits per heavy atom. The Bertz CT molecular complexity index is 1220. The summed E-state index contributed by atoms with van der Waals surface area (Å²) in [4.78, 5) is 15.0. The molecule has 1 N–H and O–H groups in total. The average Bonchev–Trinajstić information content (AvgIpc) is 3.33. The molecule has 1 saturated heterocycles. The van der Waals surface area contributed by atoms with Crippen LogP contribution in [-0.4, -0.2) is 72.7 Å². The van der Waals surface area contributed by atoms with E-state index in [4.69, 9.17) is 4.74 Å². The van der Waals surface area contributed by atoms with Crippen molar-refractivity contribution in [3.8, 4) is 5.69 Å². The summed E-state index contributed by atoms with van der Waals surface area (Å²) >= 11 is 0. The highest BCUT2D eigenvalue weighted by Crippen LogP contribution is 2.21. The molecule has 1 fully saturated rings. The molecule has 9 nitrogen and oxygen atoms in total. The molecule has 1 atom stereocenters. The summed E-state index contributed by atoms with van der Waals surface area (Å²) in [7, 11) is -1.77. The normalized spacial score (nSPS) is 15.9. The average molecular weight is 484 g/mol. The van der Waals surface area contributed by atoms with Crippen LogP contribution < -0.4 is 5.32 Å². The number of amides is 1. The van der Waals surface area contributed by atoms with Crippen molar-refractivity contribution in [1.29, 1.82) is 0 Å². The van der Waals surface area contributed by atoms with Gasteiger partial charge in [0.05, 0.1) is 36.0 Å². The molecule has 4 rings (SSSR count). The number of carbonyl (C=O) groups is 1. The van der Waals surface area contributed by atoms with Crippen molar-refractivity contribution in [2.24, 2.45) is 0 Å². The second-order valence-corrected chi connectivity index (χ2v) is 10.2. The number of aromatic nitrogens is 2. The maximum Gasteiger partial charge on any atom is 0.243 e. The van der Waals surface area contributed by atoms with E-state index in [9.17, 15) is 13.2 Å². The van der Waals surface area contributed by atoms with Gasteiger partial charge in [0.15, 0.2) is 0 Å². The number of rotatable bonds is 8. The number of hydrogen-bond donors (Lipinski definition) is 1. The van der Waals surface area contributed by atoms with Crippen LogP contribution in [0.3, 0.4) is 0 Å². The van der Waals surface area contributed by atoms with E-state index < -0.39 is 16.1 Å². The van der Waals surface area contributed by atoms with Crippen LogP contribution in [0.25, 0.3) is 5.69 Å². The van der Waals surface area contributed by atoms with Gasteiger partial charge < -0.3 is 10.1 Å². The van der Waals surface area contributed by atoms with Crippen LogP contribution in [0.2, 0.25) is 0 Å². The van der Waals surface area contributed by atoms with E-state index >= 15 is 0 Å². The molecule has 0 unspecified atom stereocenters. The van der Waals surface area contributed by atoms with Crippen LogP contribution in [0.4, 0.5) is 5.69 Å². The molecule has 34 heavy (non-hydrogen) atoms. The quantitative estimate of drug-likeness (QED) is 0.528. The molecule has 0 saturated carbocycles. The zero-order chi connectivity index (χ0) is 24.1. The maximum absolute atomic E-state index is 12.9. The molecule has 3 aromatic rings. The van der Waals surface area contributed by atoms with E-state index in [2.05, 4.69) is 10.4 Å². The first-order valence-corrected chi connectivity index (χ1v) is 12.6. The topological polar surface area (TPSA) is 96.8 Å². The molecular weight excluding hydrogens is 454 g/mol. The van der Waals surface area contributed by atoms with Crippen molar-refractivity contribution >= 4 is 21.6 Å². The first-order chi connectivity index (χ1) is 16.3.